The first-order chi connectivity index (χ1) is 11.5. The second-order valence-corrected chi connectivity index (χ2v) is 8.50. The largest absolute Gasteiger partial charge is 0.370 e. The molecule has 1 heterocycles. The molecule has 1 aromatic carbocycles. The molecule has 6 nitrogen and oxygen atoms in total. The number of rotatable bonds is 6. The topological polar surface area (TPSA) is 96.6 Å². The molecule has 0 aliphatic heterocycles. The standard InChI is InChI=1S/C16H20N4O2S2.HI/c17-16(20-14-7-6-12-3-1-4-13(12)11-14)18-8-9-19-24(21,22)15-5-2-10-23-15;/h2,5-7,10-11,19H,1,3-4,8-9H2,(H3,17,18,20);1H. The number of thiophene rings is 1. The summed E-state index contributed by atoms with van der Waals surface area (Å²) in [6.07, 6.45) is 3.45. The lowest BCUT2D eigenvalue weighted by molar-refractivity contribution is 0.584. The van der Waals surface area contributed by atoms with E-state index < -0.39 is 10.0 Å². The number of fused-ring (bicyclic) bond motifs is 1. The molecular formula is C16H21IN4O2S2. The zero-order chi connectivity index (χ0) is 17.0. The highest BCUT2D eigenvalue weighted by Gasteiger charge is 2.14. The second-order valence-electron chi connectivity index (χ2n) is 5.56. The molecule has 1 aliphatic carbocycles. The van der Waals surface area contributed by atoms with Gasteiger partial charge in [0.15, 0.2) is 5.96 Å². The van der Waals surface area contributed by atoms with E-state index in [0.717, 1.165) is 18.5 Å². The smallest absolute Gasteiger partial charge is 0.250 e. The van der Waals surface area contributed by atoms with Crippen LogP contribution < -0.4 is 15.8 Å². The highest BCUT2D eigenvalue weighted by Crippen LogP contribution is 2.24. The zero-order valence-electron chi connectivity index (χ0n) is 13.6. The van der Waals surface area contributed by atoms with Crippen molar-refractivity contribution in [3.63, 3.8) is 0 Å². The maximum atomic E-state index is 11.9. The molecule has 1 aliphatic rings. The van der Waals surface area contributed by atoms with Crippen LogP contribution in [0.15, 0.2) is 44.9 Å². The lowest BCUT2D eigenvalue weighted by atomic mass is 10.1. The summed E-state index contributed by atoms with van der Waals surface area (Å²) >= 11 is 1.18. The molecule has 0 spiro atoms. The predicted octanol–water partition coefficient (Wildman–Crippen LogP) is 2.56. The van der Waals surface area contributed by atoms with E-state index in [4.69, 9.17) is 5.73 Å². The second kappa shape index (κ2) is 8.97. The third kappa shape index (κ3) is 5.40. The van der Waals surface area contributed by atoms with Crippen molar-refractivity contribution in [2.75, 3.05) is 18.4 Å². The van der Waals surface area contributed by atoms with Crippen molar-refractivity contribution in [1.82, 2.24) is 4.72 Å². The van der Waals surface area contributed by atoms with Crippen LogP contribution >= 0.6 is 35.3 Å². The number of guanidine groups is 1. The van der Waals surface area contributed by atoms with Crippen LogP contribution in [0.5, 0.6) is 0 Å². The van der Waals surface area contributed by atoms with E-state index in [2.05, 4.69) is 27.2 Å². The van der Waals surface area contributed by atoms with E-state index in [1.165, 1.54) is 28.9 Å². The molecule has 2 aromatic rings. The summed E-state index contributed by atoms with van der Waals surface area (Å²) in [6, 6.07) is 9.49. The number of aliphatic imine (C=N–C) groups is 1. The van der Waals surface area contributed by atoms with E-state index in [-0.39, 0.29) is 43.0 Å². The summed E-state index contributed by atoms with van der Waals surface area (Å²) in [5.74, 6) is 0.281. The zero-order valence-corrected chi connectivity index (χ0v) is 17.5. The Balaban J connectivity index is 0.00000225. The van der Waals surface area contributed by atoms with Crippen LogP contribution in [0, 0.1) is 0 Å². The minimum absolute atomic E-state index is 0. The lowest BCUT2D eigenvalue weighted by Gasteiger charge is -2.08. The summed E-state index contributed by atoms with van der Waals surface area (Å²) < 4.78 is 26.7. The molecule has 25 heavy (non-hydrogen) atoms. The van der Waals surface area contributed by atoms with Crippen molar-refractivity contribution in [3.8, 4) is 0 Å². The number of nitrogens with zero attached hydrogens (tertiary/aromatic N) is 1. The molecule has 0 amide bonds. The number of nitrogens with two attached hydrogens (primary N) is 1. The molecule has 0 unspecified atom stereocenters. The summed E-state index contributed by atoms with van der Waals surface area (Å²) in [5.41, 5.74) is 9.53. The third-order valence-corrected chi connectivity index (χ3v) is 6.68. The minimum Gasteiger partial charge on any atom is -0.370 e. The SMILES string of the molecule is I.NC(=NCCNS(=O)(=O)c1cccs1)Nc1ccc2c(c1)CCC2. The van der Waals surface area contributed by atoms with Crippen molar-refractivity contribution in [2.45, 2.75) is 23.5 Å². The van der Waals surface area contributed by atoms with Gasteiger partial charge in [-0.3, -0.25) is 4.99 Å². The molecule has 0 bridgehead atoms. The maximum absolute atomic E-state index is 11.9. The highest BCUT2D eigenvalue weighted by molar-refractivity contribution is 14.0. The first-order valence-corrected chi connectivity index (χ1v) is 10.1. The van der Waals surface area contributed by atoms with E-state index in [0.29, 0.717) is 4.21 Å². The number of aryl methyl sites for hydroxylation is 2. The van der Waals surface area contributed by atoms with Gasteiger partial charge in [-0.05, 0) is 54.0 Å². The summed E-state index contributed by atoms with van der Waals surface area (Å²) in [7, 11) is -3.44. The van der Waals surface area contributed by atoms with Gasteiger partial charge < -0.3 is 11.1 Å². The molecule has 9 heteroatoms. The van der Waals surface area contributed by atoms with Crippen molar-refractivity contribution in [3.05, 3.63) is 46.8 Å². The van der Waals surface area contributed by atoms with Crippen molar-refractivity contribution < 1.29 is 8.42 Å². The van der Waals surface area contributed by atoms with Gasteiger partial charge in [0.05, 0.1) is 6.54 Å². The number of hydrogen-bond acceptors (Lipinski definition) is 4. The summed E-state index contributed by atoms with van der Waals surface area (Å²) in [4.78, 5) is 4.16. The Bertz CT molecular complexity index is 836. The minimum atomic E-state index is -3.44. The Morgan fingerprint density at radius 2 is 2.04 bits per heavy atom. The van der Waals surface area contributed by atoms with Crippen LogP contribution in [0.3, 0.4) is 0 Å². The van der Waals surface area contributed by atoms with Gasteiger partial charge in [0.25, 0.3) is 0 Å². The van der Waals surface area contributed by atoms with Crippen LogP contribution in [-0.2, 0) is 22.9 Å². The average molecular weight is 492 g/mol. The maximum Gasteiger partial charge on any atom is 0.250 e. The number of nitrogens with one attached hydrogen (secondary N) is 2. The first-order valence-electron chi connectivity index (χ1n) is 7.76. The van der Waals surface area contributed by atoms with Gasteiger partial charge in [-0.1, -0.05) is 12.1 Å². The Kier molecular flexibility index (Phi) is 7.23. The Morgan fingerprint density at radius 3 is 2.80 bits per heavy atom. The predicted molar refractivity (Wildman–Crippen MR) is 114 cm³/mol. The fraction of sp³-hybridized carbons (Fsp3) is 0.312. The quantitative estimate of drug-likeness (QED) is 0.250. The van der Waals surface area contributed by atoms with Crippen LogP contribution in [0.4, 0.5) is 5.69 Å². The third-order valence-electron chi connectivity index (χ3n) is 3.82. The summed E-state index contributed by atoms with van der Waals surface area (Å²) in [6.45, 7) is 0.473. The number of halogens is 1. The number of hydrogen-bond donors (Lipinski definition) is 3. The molecule has 4 N–H and O–H groups in total. The molecule has 3 rings (SSSR count). The van der Waals surface area contributed by atoms with E-state index >= 15 is 0 Å². The van der Waals surface area contributed by atoms with E-state index in [9.17, 15) is 8.42 Å². The van der Waals surface area contributed by atoms with Gasteiger partial charge in [0, 0.05) is 12.2 Å². The van der Waals surface area contributed by atoms with Crippen LogP contribution in [0.2, 0.25) is 0 Å². The highest BCUT2D eigenvalue weighted by atomic mass is 127. The van der Waals surface area contributed by atoms with Gasteiger partial charge in [-0.2, -0.15) is 0 Å². The van der Waals surface area contributed by atoms with Gasteiger partial charge >= 0.3 is 0 Å². The van der Waals surface area contributed by atoms with Crippen molar-refractivity contribution in [2.24, 2.45) is 10.7 Å². The molecule has 0 saturated heterocycles. The number of anilines is 1. The lowest BCUT2D eigenvalue weighted by Crippen LogP contribution is -2.28. The molecule has 136 valence electrons. The van der Waals surface area contributed by atoms with Gasteiger partial charge in [-0.25, -0.2) is 13.1 Å². The Morgan fingerprint density at radius 1 is 1.24 bits per heavy atom. The van der Waals surface area contributed by atoms with E-state index in [1.54, 1.807) is 17.5 Å². The van der Waals surface area contributed by atoms with Crippen LogP contribution in [-0.4, -0.2) is 27.5 Å². The molecule has 0 radical (unpaired) electrons. The summed E-state index contributed by atoms with van der Waals surface area (Å²) in [5, 5.41) is 4.78. The number of benzene rings is 1. The number of sulfonamides is 1. The fourth-order valence-corrected chi connectivity index (χ4v) is 4.74. The molecule has 0 saturated carbocycles. The van der Waals surface area contributed by atoms with Crippen molar-refractivity contribution in [1.29, 1.82) is 0 Å². The monoisotopic (exact) mass is 492 g/mol. The van der Waals surface area contributed by atoms with Gasteiger partial charge in [-0.15, -0.1) is 35.3 Å². The molecule has 0 fully saturated rings. The van der Waals surface area contributed by atoms with Crippen molar-refractivity contribution >= 4 is 57.0 Å². The fourth-order valence-electron chi connectivity index (χ4n) is 2.68. The first kappa shape index (κ1) is 20.1. The van der Waals surface area contributed by atoms with Crippen LogP contribution in [0.1, 0.15) is 17.5 Å². The molecular weight excluding hydrogens is 471 g/mol. The Hall–Kier alpha value is -1.17. The van der Waals surface area contributed by atoms with Gasteiger partial charge in [0.1, 0.15) is 4.21 Å². The average Bonchev–Trinajstić information content (AvgIpc) is 3.22. The van der Waals surface area contributed by atoms with E-state index in [1.807, 2.05) is 6.07 Å². The Labute approximate surface area is 169 Å². The molecule has 0 atom stereocenters. The van der Waals surface area contributed by atoms with Gasteiger partial charge in [0.2, 0.25) is 10.0 Å². The normalized spacial score (nSPS) is 14.0. The molecule has 1 aromatic heterocycles. The van der Waals surface area contributed by atoms with Crippen LogP contribution in [0.25, 0.3) is 0 Å².